The predicted octanol–water partition coefficient (Wildman–Crippen LogP) is 0.674. The maximum absolute atomic E-state index is 9.02. The van der Waals surface area contributed by atoms with E-state index in [0.29, 0.717) is 0 Å². The van der Waals surface area contributed by atoms with Gasteiger partial charge in [-0.05, 0) is 12.8 Å². The van der Waals surface area contributed by atoms with Crippen LogP contribution in [-0.4, -0.2) is 86.7 Å². The lowest BCUT2D eigenvalue weighted by molar-refractivity contribution is 0.0181. The molecule has 0 aromatic carbocycles. The predicted molar refractivity (Wildman–Crippen MR) is 81.0 cm³/mol. The molecule has 0 amide bonds. The highest BCUT2D eigenvalue weighted by Gasteiger charge is 2.11. The van der Waals surface area contributed by atoms with Gasteiger partial charge in [-0.25, -0.2) is 0 Å². The Balaban J connectivity index is 0.000000200. The number of morpholine rings is 2. The van der Waals surface area contributed by atoms with Crippen LogP contribution in [0.1, 0.15) is 20.8 Å². The van der Waals surface area contributed by atoms with E-state index in [1.807, 2.05) is 6.92 Å². The molecule has 0 bridgehead atoms. The minimum absolute atomic E-state index is 0.210. The topological polar surface area (TPSA) is 45.2 Å². The Morgan fingerprint density at radius 1 is 0.800 bits per heavy atom. The molecule has 5 nitrogen and oxygen atoms in total. The summed E-state index contributed by atoms with van der Waals surface area (Å²) in [6.45, 7) is 16.0. The normalized spacial score (nSPS) is 23.2. The lowest BCUT2D eigenvalue weighted by Crippen LogP contribution is -2.40. The first-order chi connectivity index (χ1) is 9.58. The van der Waals surface area contributed by atoms with Gasteiger partial charge in [0.2, 0.25) is 0 Å². The molecule has 0 aromatic heterocycles. The fourth-order valence-corrected chi connectivity index (χ4v) is 2.46. The highest BCUT2D eigenvalue weighted by atomic mass is 16.5. The molecule has 5 heteroatoms. The highest BCUT2D eigenvalue weighted by molar-refractivity contribution is 4.64. The van der Waals surface area contributed by atoms with Gasteiger partial charge in [0.15, 0.2) is 0 Å². The van der Waals surface area contributed by atoms with Gasteiger partial charge in [-0.15, -0.1) is 0 Å². The molecule has 1 N–H and O–H groups in total. The van der Waals surface area contributed by atoms with Crippen molar-refractivity contribution < 1.29 is 14.6 Å². The summed E-state index contributed by atoms with van der Waals surface area (Å²) < 4.78 is 10.4. The summed E-state index contributed by atoms with van der Waals surface area (Å²) in [5.41, 5.74) is 0. The van der Waals surface area contributed by atoms with Crippen molar-refractivity contribution in [2.75, 3.05) is 65.7 Å². The molecule has 2 fully saturated rings. The molecule has 0 aliphatic carbocycles. The molecule has 1 unspecified atom stereocenters. The first kappa shape index (κ1) is 17.9. The molecule has 2 saturated heterocycles. The van der Waals surface area contributed by atoms with E-state index in [1.54, 1.807) is 0 Å². The van der Waals surface area contributed by atoms with Crippen molar-refractivity contribution in [1.82, 2.24) is 9.80 Å². The third kappa shape index (κ3) is 8.87. The number of ether oxygens (including phenoxy) is 2. The van der Waals surface area contributed by atoms with E-state index in [9.17, 15) is 0 Å². The molecule has 2 rings (SSSR count). The average molecular weight is 288 g/mol. The SMILES string of the molecule is CC(C)CN1CCOCC1.CC(O)CN1CCOCC1. The van der Waals surface area contributed by atoms with E-state index in [1.165, 1.54) is 6.54 Å². The van der Waals surface area contributed by atoms with Gasteiger partial charge in [-0.1, -0.05) is 13.8 Å². The maximum atomic E-state index is 9.02. The van der Waals surface area contributed by atoms with Crippen molar-refractivity contribution in [3.05, 3.63) is 0 Å². The van der Waals surface area contributed by atoms with E-state index in [2.05, 4.69) is 23.6 Å². The van der Waals surface area contributed by atoms with Gasteiger partial charge < -0.3 is 14.6 Å². The van der Waals surface area contributed by atoms with E-state index < -0.39 is 0 Å². The molecular formula is C15H32N2O3. The van der Waals surface area contributed by atoms with Crippen LogP contribution in [0.5, 0.6) is 0 Å². The Morgan fingerprint density at radius 3 is 1.55 bits per heavy atom. The minimum Gasteiger partial charge on any atom is -0.392 e. The van der Waals surface area contributed by atoms with E-state index >= 15 is 0 Å². The quantitative estimate of drug-likeness (QED) is 0.824. The Hall–Kier alpha value is -0.200. The monoisotopic (exact) mass is 288 g/mol. The van der Waals surface area contributed by atoms with Crippen LogP contribution in [0.2, 0.25) is 0 Å². The summed E-state index contributed by atoms with van der Waals surface area (Å²) in [5, 5.41) is 9.02. The average Bonchev–Trinajstić information content (AvgIpc) is 2.40. The number of nitrogens with zero attached hydrogens (tertiary/aromatic N) is 2. The zero-order chi connectivity index (χ0) is 14.8. The molecule has 120 valence electrons. The van der Waals surface area contributed by atoms with E-state index in [4.69, 9.17) is 14.6 Å². The van der Waals surface area contributed by atoms with Crippen LogP contribution >= 0.6 is 0 Å². The molecule has 2 heterocycles. The Bertz CT molecular complexity index is 201. The second-order valence-corrected chi connectivity index (χ2v) is 6.07. The summed E-state index contributed by atoms with van der Waals surface area (Å²) in [7, 11) is 0. The van der Waals surface area contributed by atoms with Gasteiger partial charge >= 0.3 is 0 Å². The van der Waals surface area contributed by atoms with Crippen LogP contribution in [0.3, 0.4) is 0 Å². The standard InChI is InChI=1S/C8H17NO.C7H15NO2/c1-8(2)7-9-3-5-10-6-4-9;1-7(9)6-8-2-4-10-5-3-8/h8H,3-7H2,1-2H3;7,9H,2-6H2,1H3. The zero-order valence-corrected chi connectivity index (χ0v) is 13.4. The zero-order valence-electron chi connectivity index (χ0n) is 13.4. The Labute approximate surface area is 123 Å². The molecule has 0 radical (unpaired) electrons. The van der Waals surface area contributed by atoms with E-state index in [0.717, 1.165) is 65.1 Å². The Morgan fingerprint density at radius 2 is 1.20 bits per heavy atom. The molecule has 2 aliphatic heterocycles. The van der Waals surface area contributed by atoms with Crippen LogP contribution in [-0.2, 0) is 9.47 Å². The first-order valence-corrected chi connectivity index (χ1v) is 7.86. The first-order valence-electron chi connectivity index (χ1n) is 7.86. The van der Waals surface area contributed by atoms with Crippen LogP contribution in [0.25, 0.3) is 0 Å². The molecule has 0 spiro atoms. The van der Waals surface area contributed by atoms with Crippen LogP contribution in [0.4, 0.5) is 0 Å². The molecule has 20 heavy (non-hydrogen) atoms. The van der Waals surface area contributed by atoms with Crippen molar-refractivity contribution in [3.63, 3.8) is 0 Å². The Kier molecular flexibility index (Phi) is 9.39. The number of hydrogen-bond acceptors (Lipinski definition) is 5. The number of hydrogen-bond donors (Lipinski definition) is 1. The molecular weight excluding hydrogens is 256 g/mol. The molecule has 1 atom stereocenters. The lowest BCUT2D eigenvalue weighted by atomic mass is 10.2. The molecule has 0 aromatic rings. The number of aliphatic hydroxyl groups is 1. The summed E-state index contributed by atoms with van der Waals surface area (Å²) in [6, 6.07) is 0. The van der Waals surface area contributed by atoms with Gasteiger partial charge in [-0.3, -0.25) is 9.80 Å². The van der Waals surface area contributed by atoms with Crippen molar-refractivity contribution >= 4 is 0 Å². The molecule has 2 aliphatic rings. The van der Waals surface area contributed by atoms with Crippen molar-refractivity contribution in [2.24, 2.45) is 5.92 Å². The third-order valence-corrected chi connectivity index (χ3v) is 3.35. The second kappa shape index (κ2) is 10.5. The van der Waals surface area contributed by atoms with Gasteiger partial charge in [0, 0.05) is 39.3 Å². The van der Waals surface area contributed by atoms with Gasteiger partial charge in [-0.2, -0.15) is 0 Å². The maximum Gasteiger partial charge on any atom is 0.0639 e. The summed E-state index contributed by atoms with van der Waals surface area (Å²) in [5.74, 6) is 0.790. The van der Waals surface area contributed by atoms with Gasteiger partial charge in [0.25, 0.3) is 0 Å². The smallest absolute Gasteiger partial charge is 0.0639 e. The summed E-state index contributed by atoms with van der Waals surface area (Å²) in [4.78, 5) is 4.68. The highest BCUT2D eigenvalue weighted by Crippen LogP contribution is 2.01. The van der Waals surface area contributed by atoms with Gasteiger partial charge in [0.05, 0.1) is 32.5 Å². The van der Waals surface area contributed by atoms with Crippen LogP contribution in [0.15, 0.2) is 0 Å². The largest absolute Gasteiger partial charge is 0.392 e. The van der Waals surface area contributed by atoms with Gasteiger partial charge in [0.1, 0.15) is 0 Å². The fourth-order valence-electron chi connectivity index (χ4n) is 2.46. The lowest BCUT2D eigenvalue weighted by Gasteiger charge is -2.27. The van der Waals surface area contributed by atoms with Crippen molar-refractivity contribution in [2.45, 2.75) is 26.9 Å². The minimum atomic E-state index is -0.210. The van der Waals surface area contributed by atoms with Crippen molar-refractivity contribution in [1.29, 1.82) is 0 Å². The number of aliphatic hydroxyl groups excluding tert-OH is 1. The number of rotatable bonds is 4. The van der Waals surface area contributed by atoms with Crippen LogP contribution in [0, 0.1) is 5.92 Å². The van der Waals surface area contributed by atoms with E-state index in [-0.39, 0.29) is 6.10 Å². The van der Waals surface area contributed by atoms with Crippen molar-refractivity contribution in [3.8, 4) is 0 Å². The van der Waals surface area contributed by atoms with Crippen LogP contribution < -0.4 is 0 Å². The fraction of sp³-hybridized carbons (Fsp3) is 1.00. The molecule has 0 saturated carbocycles. The third-order valence-electron chi connectivity index (χ3n) is 3.35. The number of β-amino-alcohol motifs (C(OH)–C–C–N with tert-alkyl or cyclic N) is 1. The summed E-state index contributed by atoms with van der Waals surface area (Å²) in [6.07, 6.45) is -0.210. The summed E-state index contributed by atoms with van der Waals surface area (Å²) >= 11 is 0. The second-order valence-electron chi connectivity index (χ2n) is 6.07.